The standard InChI is InChI=1S/C45H81O13P/c1-3-5-7-9-11-13-15-16-17-18-19-20-21-22-24-26-28-30-32-34-39(47)57-37(35-55-38(46)33-31-29-27-25-23-14-12-10-8-6-4-2)36-56-59(53,54)58-45-43(51)41(49)40(48)42(50)44(45)52/h10-13,16-17,37,40-45,48-52H,3-9,14-15,18-36H2,1-2H3,(H,53,54)/b12-10+,13-11+,17-16+/t37-,40?,41+,42?,43?,44?,45?/m1/s1. The molecule has 14 heteroatoms. The van der Waals surface area contributed by atoms with E-state index in [9.17, 15) is 44.6 Å². The third kappa shape index (κ3) is 28.3. The van der Waals surface area contributed by atoms with Gasteiger partial charge in [0.1, 0.15) is 43.2 Å². The first-order valence-corrected chi connectivity index (χ1v) is 24.3. The molecular formula is C45H81O13P. The topological polar surface area (TPSA) is 210 Å². The molecule has 1 rings (SSSR count). The molecule has 1 aliphatic carbocycles. The minimum Gasteiger partial charge on any atom is -0.462 e. The van der Waals surface area contributed by atoms with Crippen LogP contribution in [0.4, 0.5) is 0 Å². The highest BCUT2D eigenvalue weighted by molar-refractivity contribution is 7.47. The van der Waals surface area contributed by atoms with E-state index < -0.39 is 75.7 Å². The van der Waals surface area contributed by atoms with Gasteiger partial charge in [0.2, 0.25) is 0 Å². The molecule has 0 heterocycles. The second kappa shape index (κ2) is 35.6. The third-order valence-electron chi connectivity index (χ3n) is 10.5. The van der Waals surface area contributed by atoms with Crippen molar-refractivity contribution in [2.45, 2.75) is 224 Å². The number of aliphatic hydroxyl groups excluding tert-OH is 5. The number of unbranched alkanes of at least 4 members (excludes halogenated alkanes) is 19. The monoisotopic (exact) mass is 861 g/mol. The van der Waals surface area contributed by atoms with Crippen LogP contribution in [0, 0.1) is 0 Å². The molecule has 1 fully saturated rings. The molecule has 0 aromatic rings. The Morgan fingerprint density at radius 3 is 1.44 bits per heavy atom. The molecule has 1 aliphatic rings. The van der Waals surface area contributed by atoms with Crippen LogP contribution in [-0.4, -0.2) is 98.3 Å². The van der Waals surface area contributed by atoms with Crippen molar-refractivity contribution < 1.29 is 63.1 Å². The summed E-state index contributed by atoms with van der Waals surface area (Å²) >= 11 is 0. The zero-order valence-corrected chi connectivity index (χ0v) is 37.2. The Kier molecular flexibility index (Phi) is 33.3. The maximum absolute atomic E-state index is 12.8. The lowest BCUT2D eigenvalue weighted by Gasteiger charge is -2.41. The van der Waals surface area contributed by atoms with Gasteiger partial charge < -0.3 is 39.9 Å². The van der Waals surface area contributed by atoms with E-state index in [2.05, 4.69) is 50.3 Å². The maximum atomic E-state index is 12.8. The fraction of sp³-hybridized carbons (Fsp3) is 0.822. The molecule has 0 bridgehead atoms. The van der Waals surface area contributed by atoms with Crippen LogP contribution >= 0.6 is 7.82 Å². The smallest absolute Gasteiger partial charge is 0.462 e. The first-order valence-electron chi connectivity index (χ1n) is 22.8. The zero-order valence-electron chi connectivity index (χ0n) is 36.3. The molecule has 8 atom stereocenters. The van der Waals surface area contributed by atoms with E-state index in [4.69, 9.17) is 18.5 Å². The highest BCUT2D eigenvalue weighted by atomic mass is 31.2. The minimum atomic E-state index is -5.12. The van der Waals surface area contributed by atoms with Gasteiger partial charge in [-0.3, -0.25) is 18.6 Å². The SMILES string of the molecule is CCCC/C=C/CCCCCCCC(=O)OC[C@H](COP(=O)(O)OC1C(O)C(O)C(O)[C@H](O)C1O)OC(=O)CCCCCCCCCCC/C=C/C/C=C/CCCCC. The van der Waals surface area contributed by atoms with Crippen molar-refractivity contribution in [3.8, 4) is 0 Å². The number of carbonyl (C=O) groups excluding carboxylic acids is 2. The van der Waals surface area contributed by atoms with Crippen LogP contribution in [0.2, 0.25) is 0 Å². The molecule has 0 aromatic heterocycles. The lowest BCUT2D eigenvalue weighted by molar-refractivity contribution is -0.220. The average Bonchev–Trinajstić information content (AvgIpc) is 3.21. The molecule has 13 nitrogen and oxygen atoms in total. The molecule has 6 N–H and O–H groups in total. The number of rotatable bonds is 37. The van der Waals surface area contributed by atoms with Crippen LogP contribution < -0.4 is 0 Å². The van der Waals surface area contributed by atoms with Crippen molar-refractivity contribution in [2.75, 3.05) is 13.2 Å². The molecule has 0 spiro atoms. The van der Waals surface area contributed by atoms with Gasteiger partial charge in [0.05, 0.1) is 6.61 Å². The second-order valence-corrected chi connectivity index (χ2v) is 17.3. The van der Waals surface area contributed by atoms with Crippen molar-refractivity contribution in [3.05, 3.63) is 36.5 Å². The minimum absolute atomic E-state index is 0.0903. The van der Waals surface area contributed by atoms with Crippen LogP contribution in [0.5, 0.6) is 0 Å². The van der Waals surface area contributed by atoms with Crippen LogP contribution in [0.15, 0.2) is 36.5 Å². The molecule has 0 aromatic carbocycles. The van der Waals surface area contributed by atoms with Crippen LogP contribution in [0.3, 0.4) is 0 Å². The fourth-order valence-corrected chi connectivity index (χ4v) is 7.68. The van der Waals surface area contributed by atoms with E-state index >= 15 is 0 Å². The first kappa shape index (κ1) is 55.1. The van der Waals surface area contributed by atoms with Gasteiger partial charge in [-0.1, -0.05) is 140 Å². The van der Waals surface area contributed by atoms with Crippen molar-refractivity contribution in [2.24, 2.45) is 0 Å². The van der Waals surface area contributed by atoms with E-state index in [0.29, 0.717) is 12.8 Å². The lowest BCUT2D eigenvalue weighted by Crippen LogP contribution is -2.64. The summed E-state index contributed by atoms with van der Waals surface area (Å²) < 4.78 is 33.5. The summed E-state index contributed by atoms with van der Waals surface area (Å²) in [5.74, 6) is -1.12. The number of phosphoric ester groups is 1. The van der Waals surface area contributed by atoms with Gasteiger partial charge in [0, 0.05) is 12.8 Å². The third-order valence-corrected chi connectivity index (χ3v) is 11.4. The van der Waals surface area contributed by atoms with E-state index in [1.807, 2.05) is 0 Å². The summed E-state index contributed by atoms with van der Waals surface area (Å²) in [7, 11) is -5.12. The molecular weight excluding hydrogens is 779 g/mol. The van der Waals surface area contributed by atoms with Crippen LogP contribution in [-0.2, 0) is 32.7 Å². The number of carbonyl (C=O) groups is 2. The quantitative estimate of drug-likeness (QED) is 0.0150. The number of allylic oxidation sites excluding steroid dienone is 6. The van der Waals surface area contributed by atoms with E-state index in [1.165, 1.54) is 64.2 Å². The van der Waals surface area contributed by atoms with Gasteiger partial charge in [-0.25, -0.2) is 4.57 Å². The molecule has 0 aliphatic heterocycles. The molecule has 0 radical (unpaired) electrons. The van der Waals surface area contributed by atoms with Gasteiger partial charge in [0.25, 0.3) is 0 Å². The highest BCUT2D eigenvalue weighted by Gasteiger charge is 2.51. The molecule has 1 saturated carbocycles. The summed E-state index contributed by atoms with van der Waals surface area (Å²) in [5, 5.41) is 50.1. The molecule has 59 heavy (non-hydrogen) atoms. The molecule has 0 amide bonds. The molecule has 344 valence electrons. The first-order chi connectivity index (χ1) is 28.4. The number of aliphatic hydroxyl groups is 5. The van der Waals surface area contributed by atoms with Gasteiger partial charge in [0.15, 0.2) is 6.10 Å². The van der Waals surface area contributed by atoms with E-state index in [0.717, 1.165) is 77.0 Å². The summed E-state index contributed by atoms with van der Waals surface area (Å²) in [4.78, 5) is 35.6. The number of esters is 2. The zero-order chi connectivity index (χ0) is 43.6. The van der Waals surface area contributed by atoms with Gasteiger partial charge in [-0.2, -0.15) is 0 Å². The fourth-order valence-electron chi connectivity index (χ4n) is 6.71. The lowest BCUT2D eigenvalue weighted by atomic mass is 9.85. The molecule has 0 saturated heterocycles. The highest BCUT2D eigenvalue weighted by Crippen LogP contribution is 2.47. The Morgan fingerprint density at radius 1 is 0.525 bits per heavy atom. The predicted octanol–water partition coefficient (Wildman–Crippen LogP) is 8.61. The summed E-state index contributed by atoms with van der Waals surface area (Å²) in [6.07, 6.45) is 26.3. The van der Waals surface area contributed by atoms with Gasteiger partial charge >= 0.3 is 19.8 Å². The Bertz CT molecular complexity index is 1180. The van der Waals surface area contributed by atoms with Crippen LogP contribution in [0.25, 0.3) is 0 Å². The van der Waals surface area contributed by atoms with Gasteiger partial charge in [-0.05, 0) is 64.2 Å². The van der Waals surface area contributed by atoms with Gasteiger partial charge in [-0.15, -0.1) is 0 Å². The van der Waals surface area contributed by atoms with E-state index in [1.54, 1.807) is 0 Å². The van der Waals surface area contributed by atoms with Crippen molar-refractivity contribution in [3.63, 3.8) is 0 Å². The second-order valence-electron chi connectivity index (χ2n) is 15.9. The average molecular weight is 861 g/mol. The maximum Gasteiger partial charge on any atom is 0.472 e. The van der Waals surface area contributed by atoms with Crippen molar-refractivity contribution in [1.29, 1.82) is 0 Å². The van der Waals surface area contributed by atoms with Crippen molar-refractivity contribution >= 4 is 19.8 Å². The Hall–Kier alpha value is -1.93. The van der Waals surface area contributed by atoms with Crippen molar-refractivity contribution in [1.82, 2.24) is 0 Å². The largest absolute Gasteiger partial charge is 0.472 e. The number of hydrogen-bond donors (Lipinski definition) is 6. The Labute approximate surface area is 355 Å². The predicted molar refractivity (Wildman–Crippen MR) is 230 cm³/mol. The number of ether oxygens (including phenoxy) is 2. The number of phosphoric acid groups is 1. The van der Waals surface area contributed by atoms with E-state index in [-0.39, 0.29) is 12.8 Å². The summed E-state index contributed by atoms with van der Waals surface area (Å²) in [6.45, 7) is 3.22. The normalized spacial score (nSPS) is 22.6. The summed E-state index contributed by atoms with van der Waals surface area (Å²) in [6, 6.07) is 0. The molecule has 6 unspecified atom stereocenters. The Morgan fingerprint density at radius 2 is 0.932 bits per heavy atom. The van der Waals surface area contributed by atoms with Crippen LogP contribution in [0.1, 0.15) is 181 Å². The number of hydrogen-bond acceptors (Lipinski definition) is 12. The summed E-state index contributed by atoms with van der Waals surface area (Å²) in [5.41, 5.74) is 0. The Balaban J connectivity index is 2.45.